The van der Waals surface area contributed by atoms with Gasteiger partial charge in [0.05, 0.1) is 12.2 Å². The van der Waals surface area contributed by atoms with Crippen molar-refractivity contribution < 1.29 is 18.6 Å². The molecule has 3 saturated heterocycles. The van der Waals surface area contributed by atoms with Crippen LogP contribution in [0.2, 0.25) is 0 Å². The zero-order valence-corrected chi connectivity index (χ0v) is 14.7. The summed E-state index contributed by atoms with van der Waals surface area (Å²) in [7, 11) is 0. The van der Waals surface area contributed by atoms with Crippen molar-refractivity contribution in [3.8, 4) is 5.88 Å². The van der Waals surface area contributed by atoms with Gasteiger partial charge < -0.3 is 14.2 Å². The minimum absolute atomic E-state index is 0.0392. The zero-order valence-electron chi connectivity index (χ0n) is 14.7. The Balaban J connectivity index is 1.23. The molecule has 5 nitrogen and oxygen atoms in total. The molecule has 0 radical (unpaired) electrons. The fourth-order valence-electron chi connectivity index (χ4n) is 4.40. The maximum Gasteiger partial charge on any atom is 0.250 e. The van der Waals surface area contributed by atoms with Crippen LogP contribution >= 0.6 is 0 Å². The lowest BCUT2D eigenvalue weighted by Crippen LogP contribution is -2.68. The lowest BCUT2D eigenvalue weighted by atomic mass is 9.78. The summed E-state index contributed by atoms with van der Waals surface area (Å²) in [5, 5.41) is 0. The van der Waals surface area contributed by atoms with Crippen LogP contribution in [0.1, 0.15) is 32.1 Å². The Bertz CT molecular complexity index is 574. The van der Waals surface area contributed by atoms with E-state index in [9.17, 15) is 4.39 Å². The molecule has 0 N–H and O–H groups in total. The Labute approximate surface area is 148 Å². The Hall–Kier alpha value is -1.24. The van der Waals surface area contributed by atoms with Gasteiger partial charge in [-0.25, -0.2) is 9.37 Å². The molecule has 1 spiro atoms. The van der Waals surface area contributed by atoms with E-state index in [1.807, 2.05) is 0 Å². The largest absolute Gasteiger partial charge is 0.476 e. The van der Waals surface area contributed by atoms with Gasteiger partial charge >= 0.3 is 0 Å². The molecule has 0 saturated carbocycles. The third-order valence-electron chi connectivity index (χ3n) is 5.77. The number of rotatable bonds is 5. The van der Waals surface area contributed by atoms with Crippen LogP contribution in [0, 0.1) is 11.7 Å². The summed E-state index contributed by atoms with van der Waals surface area (Å²) in [5.74, 6) is 0.299. The van der Waals surface area contributed by atoms with Gasteiger partial charge in [-0.15, -0.1) is 0 Å². The van der Waals surface area contributed by atoms with E-state index in [-0.39, 0.29) is 11.5 Å². The zero-order chi connectivity index (χ0) is 17.1. The van der Waals surface area contributed by atoms with Crippen LogP contribution in [0.25, 0.3) is 0 Å². The van der Waals surface area contributed by atoms with E-state index in [4.69, 9.17) is 14.2 Å². The molecule has 1 atom stereocenters. The Morgan fingerprint density at radius 2 is 2.08 bits per heavy atom. The molecule has 25 heavy (non-hydrogen) atoms. The molecule has 3 aliphatic heterocycles. The average molecular weight is 350 g/mol. The second-order valence-corrected chi connectivity index (χ2v) is 7.57. The summed E-state index contributed by atoms with van der Waals surface area (Å²) < 4.78 is 30.7. The molecule has 4 rings (SSSR count). The van der Waals surface area contributed by atoms with Gasteiger partial charge in [-0.2, -0.15) is 0 Å². The smallest absolute Gasteiger partial charge is 0.250 e. The number of halogens is 1. The van der Waals surface area contributed by atoms with E-state index in [2.05, 4.69) is 9.88 Å². The summed E-state index contributed by atoms with van der Waals surface area (Å²) in [6.07, 6.45) is 6.92. The van der Waals surface area contributed by atoms with Crippen molar-refractivity contribution in [2.75, 3.05) is 39.5 Å². The van der Waals surface area contributed by atoms with Crippen molar-refractivity contribution in [2.45, 2.75) is 43.7 Å². The molecule has 3 aliphatic rings. The van der Waals surface area contributed by atoms with Crippen LogP contribution in [0.15, 0.2) is 18.3 Å². The number of ether oxygens (including phenoxy) is 3. The SMILES string of the molecule is Fc1cccnc1OCC[C@H]1CCOC2(C1)CN(C1CCOCC1)C2. The standard InChI is InChI=1S/C19H27FN2O3/c20-17-2-1-7-21-18(17)24-10-3-15-4-11-25-19(12-15)13-22(14-19)16-5-8-23-9-6-16/h1-2,7,15-16H,3-6,8-14H2/t15-/m0/s1. The second kappa shape index (κ2) is 7.56. The topological polar surface area (TPSA) is 43.8 Å². The maximum atomic E-state index is 13.5. The van der Waals surface area contributed by atoms with E-state index in [1.54, 1.807) is 12.3 Å². The van der Waals surface area contributed by atoms with Crippen LogP contribution in [-0.2, 0) is 9.47 Å². The van der Waals surface area contributed by atoms with E-state index < -0.39 is 5.82 Å². The Morgan fingerprint density at radius 1 is 1.24 bits per heavy atom. The van der Waals surface area contributed by atoms with E-state index in [1.165, 1.54) is 6.07 Å². The molecule has 0 unspecified atom stereocenters. The minimum Gasteiger partial charge on any atom is -0.476 e. The van der Waals surface area contributed by atoms with Crippen molar-refractivity contribution in [2.24, 2.45) is 5.92 Å². The first kappa shape index (κ1) is 17.2. The highest BCUT2D eigenvalue weighted by molar-refractivity contribution is 5.12. The molecule has 0 aliphatic carbocycles. The average Bonchev–Trinajstić information content (AvgIpc) is 2.62. The molecule has 138 valence electrons. The highest BCUT2D eigenvalue weighted by Gasteiger charge is 2.49. The predicted molar refractivity (Wildman–Crippen MR) is 91.1 cm³/mol. The van der Waals surface area contributed by atoms with Gasteiger partial charge in [-0.05, 0) is 50.2 Å². The summed E-state index contributed by atoms with van der Waals surface area (Å²) in [5.41, 5.74) is 0.0392. The van der Waals surface area contributed by atoms with E-state index in [0.717, 1.165) is 65.0 Å². The highest BCUT2D eigenvalue weighted by atomic mass is 19.1. The summed E-state index contributed by atoms with van der Waals surface area (Å²) in [6.45, 7) is 5.20. The summed E-state index contributed by atoms with van der Waals surface area (Å²) in [4.78, 5) is 6.50. The van der Waals surface area contributed by atoms with Crippen molar-refractivity contribution in [3.05, 3.63) is 24.1 Å². The number of aromatic nitrogens is 1. The van der Waals surface area contributed by atoms with Crippen LogP contribution < -0.4 is 4.74 Å². The van der Waals surface area contributed by atoms with Gasteiger partial charge in [0.25, 0.3) is 0 Å². The van der Waals surface area contributed by atoms with Gasteiger partial charge in [-0.3, -0.25) is 4.90 Å². The first-order valence-electron chi connectivity index (χ1n) is 9.43. The number of nitrogens with zero attached hydrogens (tertiary/aromatic N) is 2. The van der Waals surface area contributed by atoms with E-state index in [0.29, 0.717) is 18.6 Å². The quantitative estimate of drug-likeness (QED) is 0.817. The number of hydrogen-bond donors (Lipinski definition) is 0. The molecule has 0 aromatic carbocycles. The number of likely N-dealkylation sites (tertiary alicyclic amines) is 1. The first-order chi connectivity index (χ1) is 12.2. The molecule has 4 heterocycles. The highest BCUT2D eigenvalue weighted by Crippen LogP contribution is 2.40. The van der Waals surface area contributed by atoms with Crippen LogP contribution in [0.3, 0.4) is 0 Å². The van der Waals surface area contributed by atoms with Crippen molar-refractivity contribution >= 4 is 0 Å². The van der Waals surface area contributed by atoms with Crippen LogP contribution in [0.4, 0.5) is 4.39 Å². The van der Waals surface area contributed by atoms with Crippen molar-refractivity contribution in [1.82, 2.24) is 9.88 Å². The van der Waals surface area contributed by atoms with Gasteiger partial charge in [0.1, 0.15) is 0 Å². The molecule has 3 fully saturated rings. The minimum atomic E-state index is -0.392. The predicted octanol–water partition coefficient (Wildman–Crippen LogP) is 2.65. The van der Waals surface area contributed by atoms with Crippen molar-refractivity contribution in [3.63, 3.8) is 0 Å². The lowest BCUT2D eigenvalue weighted by molar-refractivity contribution is -0.195. The molecule has 0 bridgehead atoms. The Morgan fingerprint density at radius 3 is 2.88 bits per heavy atom. The Kier molecular flexibility index (Phi) is 5.20. The molecule has 1 aromatic heterocycles. The van der Waals surface area contributed by atoms with Gasteiger partial charge in [0.15, 0.2) is 5.82 Å². The fourth-order valence-corrected chi connectivity index (χ4v) is 4.40. The van der Waals surface area contributed by atoms with Crippen LogP contribution in [0.5, 0.6) is 5.88 Å². The fraction of sp³-hybridized carbons (Fsp3) is 0.737. The van der Waals surface area contributed by atoms with Crippen molar-refractivity contribution in [1.29, 1.82) is 0 Å². The van der Waals surface area contributed by atoms with Crippen LogP contribution in [-0.4, -0.2) is 61.0 Å². The normalized spacial score (nSPS) is 27.2. The summed E-state index contributed by atoms with van der Waals surface area (Å²) >= 11 is 0. The monoisotopic (exact) mass is 350 g/mol. The van der Waals surface area contributed by atoms with Gasteiger partial charge in [-0.1, -0.05) is 0 Å². The number of pyridine rings is 1. The second-order valence-electron chi connectivity index (χ2n) is 7.57. The van der Waals surface area contributed by atoms with E-state index >= 15 is 0 Å². The molecule has 1 aromatic rings. The molecule has 0 amide bonds. The third-order valence-corrected chi connectivity index (χ3v) is 5.77. The third kappa shape index (κ3) is 3.96. The molecular weight excluding hydrogens is 323 g/mol. The van der Waals surface area contributed by atoms with Gasteiger partial charge in [0.2, 0.25) is 5.88 Å². The molecular formula is C19H27FN2O3. The first-order valence-corrected chi connectivity index (χ1v) is 9.43. The summed E-state index contributed by atoms with van der Waals surface area (Å²) in [6, 6.07) is 3.62. The number of hydrogen-bond acceptors (Lipinski definition) is 5. The van der Waals surface area contributed by atoms with Gasteiger partial charge in [0, 0.05) is 45.1 Å². The maximum absolute atomic E-state index is 13.5. The molecule has 6 heteroatoms. The lowest BCUT2D eigenvalue weighted by Gasteiger charge is -2.56.